The number of amides is 2. The fraction of sp³-hybridized carbons (Fsp3) is 0.556. The second-order valence-electron chi connectivity index (χ2n) is 11.1. The van der Waals surface area contributed by atoms with Crippen LogP contribution in [0.1, 0.15) is 58.4 Å². The van der Waals surface area contributed by atoms with E-state index in [1.54, 1.807) is 18.2 Å². The number of urea groups is 1. The lowest BCUT2D eigenvalue weighted by Gasteiger charge is -2.36. The molecule has 9 heteroatoms. The zero-order chi connectivity index (χ0) is 26.5. The molecule has 1 aromatic heterocycles. The van der Waals surface area contributed by atoms with Crippen molar-refractivity contribution < 1.29 is 18.3 Å². The van der Waals surface area contributed by atoms with Crippen molar-refractivity contribution in [2.45, 2.75) is 84.0 Å². The fourth-order valence-electron chi connectivity index (χ4n) is 4.03. The summed E-state index contributed by atoms with van der Waals surface area (Å²) in [5, 5.41) is 6.02. The number of rotatable bonds is 8. The smallest absolute Gasteiger partial charge is 0.319 e. The quantitative estimate of drug-likeness (QED) is 0.206. The fourth-order valence-corrected chi connectivity index (χ4v) is 5.26. The van der Waals surface area contributed by atoms with Crippen LogP contribution in [-0.4, -0.2) is 38.6 Å². The molecule has 1 aromatic carbocycles. The molecular formula is C27H39ClFN3O3Si. The number of hydrogen-bond donors (Lipinski definition) is 2. The molecular weight excluding hydrogens is 497 g/mol. The Labute approximate surface area is 220 Å². The van der Waals surface area contributed by atoms with Gasteiger partial charge in [0.2, 0.25) is 5.88 Å². The molecule has 36 heavy (non-hydrogen) atoms. The van der Waals surface area contributed by atoms with Crippen LogP contribution < -0.4 is 15.4 Å². The maximum atomic E-state index is 14.7. The highest BCUT2D eigenvalue weighted by Gasteiger charge is 2.36. The number of aryl methyl sites for hydroxylation is 1. The van der Waals surface area contributed by atoms with E-state index in [4.69, 9.17) is 20.8 Å². The first-order valence-corrected chi connectivity index (χ1v) is 16.0. The van der Waals surface area contributed by atoms with Crippen LogP contribution >= 0.6 is 11.6 Å². The highest BCUT2D eigenvalue weighted by molar-refractivity contribution is 6.74. The Morgan fingerprint density at radius 1 is 1.14 bits per heavy atom. The standard InChI is InChI=1S/C27H39ClFN3O3Si/c1-18-14-22(29)23(31-26(33)30-20-10-8-7-9-11-20)17-21(18)19-15-24(28)32-25(16-19)34-12-13-35-36(5,6)27(2,3)4/h14-17,20H,7-13H2,1-6H3,(H2,30,31,33). The highest BCUT2D eigenvalue weighted by Crippen LogP contribution is 2.36. The molecule has 0 aliphatic heterocycles. The topological polar surface area (TPSA) is 72.5 Å². The molecule has 1 aliphatic rings. The van der Waals surface area contributed by atoms with Crippen LogP contribution in [0.4, 0.5) is 14.9 Å². The zero-order valence-corrected chi connectivity index (χ0v) is 24.0. The number of nitrogens with one attached hydrogen (secondary N) is 2. The Bertz CT molecular complexity index is 1070. The first-order valence-electron chi connectivity index (χ1n) is 12.7. The normalized spacial score (nSPS) is 15.0. The van der Waals surface area contributed by atoms with Gasteiger partial charge in [-0.2, -0.15) is 0 Å². The van der Waals surface area contributed by atoms with Gasteiger partial charge in [0.25, 0.3) is 0 Å². The molecule has 2 N–H and O–H groups in total. The van der Waals surface area contributed by atoms with Gasteiger partial charge in [0.05, 0.1) is 12.3 Å². The molecule has 0 saturated heterocycles. The van der Waals surface area contributed by atoms with E-state index in [1.807, 2.05) is 6.92 Å². The Kier molecular flexibility index (Phi) is 9.41. The maximum absolute atomic E-state index is 14.7. The van der Waals surface area contributed by atoms with Crippen molar-refractivity contribution in [2.24, 2.45) is 0 Å². The minimum absolute atomic E-state index is 0.113. The Morgan fingerprint density at radius 2 is 1.83 bits per heavy atom. The number of halogens is 2. The summed E-state index contributed by atoms with van der Waals surface area (Å²) >= 11 is 6.29. The van der Waals surface area contributed by atoms with Crippen molar-refractivity contribution in [2.75, 3.05) is 18.5 Å². The number of carbonyl (C=O) groups excluding carboxylic acids is 1. The van der Waals surface area contributed by atoms with Crippen LogP contribution in [0.3, 0.4) is 0 Å². The number of benzene rings is 1. The number of aromatic nitrogens is 1. The van der Waals surface area contributed by atoms with E-state index in [0.29, 0.717) is 24.7 Å². The summed E-state index contributed by atoms with van der Waals surface area (Å²) in [4.78, 5) is 16.8. The average Bonchev–Trinajstić information content (AvgIpc) is 2.78. The van der Waals surface area contributed by atoms with Gasteiger partial charge in [-0.1, -0.05) is 51.6 Å². The van der Waals surface area contributed by atoms with Crippen molar-refractivity contribution in [1.29, 1.82) is 0 Å². The number of carbonyl (C=O) groups is 1. The molecule has 198 valence electrons. The number of nitrogens with zero attached hydrogens (tertiary/aromatic N) is 1. The van der Waals surface area contributed by atoms with Crippen LogP contribution in [-0.2, 0) is 4.43 Å². The van der Waals surface area contributed by atoms with E-state index >= 15 is 0 Å². The lowest BCUT2D eigenvalue weighted by atomic mass is 9.96. The Hall–Kier alpha value is -2.16. The van der Waals surface area contributed by atoms with Crippen molar-refractivity contribution in [3.63, 3.8) is 0 Å². The molecule has 0 bridgehead atoms. The summed E-state index contributed by atoms with van der Waals surface area (Å²) in [5.41, 5.74) is 2.28. The molecule has 1 fully saturated rings. The lowest BCUT2D eigenvalue weighted by Crippen LogP contribution is -2.41. The van der Waals surface area contributed by atoms with E-state index < -0.39 is 20.2 Å². The van der Waals surface area contributed by atoms with E-state index in [2.05, 4.69) is 49.5 Å². The number of anilines is 1. The van der Waals surface area contributed by atoms with E-state index in [-0.39, 0.29) is 21.9 Å². The summed E-state index contributed by atoms with van der Waals surface area (Å²) in [6.45, 7) is 13.6. The number of hydrogen-bond acceptors (Lipinski definition) is 4. The molecule has 2 aromatic rings. The molecule has 6 nitrogen and oxygen atoms in total. The van der Waals surface area contributed by atoms with Crippen molar-refractivity contribution in [3.05, 3.63) is 40.8 Å². The van der Waals surface area contributed by atoms with Gasteiger partial charge in [-0.05, 0) is 72.8 Å². The van der Waals surface area contributed by atoms with Gasteiger partial charge >= 0.3 is 6.03 Å². The molecule has 3 rings (SSSR count). The summed E-state index contributed by atoms with van der Waals surface area (Å²) in [7, 11) is -1.87. The lowest BCUT2D eigenvalue weighted by molar-refractivity contribution is 0.199. The first kappa shape index (κ1) is 28.4. The second kappa shape index (κ2) is 11.9. The molecule has 0 atom stereocenters. The van der Waals surface area contributed by atoms with Gasteiger partial charge < -0.3 is 19.8 Å². The summed E-state index contributed by atoms with van der Waals surface area (Å²) < 4.78 is 26.7. The molecule has 1 saturated carbocycles. The van der Waals surface area contributed by atoms with E-state index in [1.165, 1.54) is 12.5 Å². The van der Waals surface area contributed by atoms with Crippen LogP contribution in [0, 0.1) is 12.7 Å². The third-order valence-corrected chi connectivity index (χ3v) is 11.9. The highest BCUT2D eigenvalue weighted by atomic mass is 35.5. The van der Waals surface area contributed by atoms with Gasteiger partial charge in [-0.15, -0.1) is 0 Å². The van der Waals surface area contributed by atoms with Crippen LogP contribution in [0.25, 0.3) is 11.1 Å². The van der Waals surface area contributed by atoms with Gasteiger partial charge in [-0.25, -0.2) is 14.2 Å². The van der Waals surface area contributed by atoms with Gasteiger partial charge in [-0.3, -0.25) is 0 Å². The Morgan fingerprint density at radius 3 is 2.50 bits per heavy atom. The molecule has 0 unspecified atom stereocenters. The van der Waals surface area contributed by atoms with E-state index in [9.17, 15) is 9.18 Å². The third kappa shape index (κ3) is 7.67. The second-order valence-corrected chi connectivity index (χ2v) is 16.3. The Balaban J connectivity index is 1.71. The third-order valence-electron chi connectivity index (χ3n) is 7.19. The van der Waals surface area contributed by atoms with Crippen molar-refractivity contribution in [1.82, 2.24) is 10.3 Å². The van der Waals surface area contributed by atoms with Gasteiger partial charge in [0.15, 0.2) is 8.32 Å². The molecule has 1 heterocycles. The van der Waals surface area contributed by atoms with Crippen molar-refractivity contribution >= 4 is 31.6 Å². The zero-order valence-electron chi connectivity index (χ0n) is 22.3. The summed E-state index contributed by atoms with van der Waals surface area (Å²) in [5.74, 6) is -0.126. The van der Waals surface area contributed by atoms with Gasteiger partial charge in [0.1, 0.15) is 17.6 Å². The van der Waals surface area contributed by atoms with E-state index in [0.717, 1.165) is 36.8 Å². The monoisotopic (exact) mass is 535 g/mol. The maximum Gasteiger partial charge on any atom is 0.319 e. The minimum Gasteiger partial charge on any atom is -0.475 e. The summed E-state index contributed by atoms with van der Waals surface area (Å²) in [6, 6.07) is 6.24. The van der Waals surface area contributed by atoms with Gasteiger partial charge in [0, 0.05) is 12.1 Å². The molecule has 2 amide bonds. The summed E-state index contributed by atoms with van der Waals surface area (Å²) in [6.07, 6.45) is 5.30. The molecule has 1 aliphatic carbocycles. The molecule has 0 spiro atoms. The predicted molar refractivity (Wildman–Crippen MR) is 147 cm³/mol. The largest absolute Gasteiger partial charge is 0.475 e. The average molecular weight is 536 g/mol. The van der Waals surface area contributed by atoms with Crippen LogP contribution in [0.2, 0.25) is 23.3 Å². The number of pyridine rings is 1. The SMILES string of the molecule is Cc1cc(F)c(NC(=O)NC2CCCCC2)cc1-c1cc(Cl)nc(OCCO[Si](C)(C)C(C)(C)C)c1. The first-order chi connectivity index (χ1) is 16.9. The number of ether oxygens (including phenoxy) is 1. The van der Waals surface area contributed by atoms with Crippen LogP contribution in [0.15, 0.2) is 24.3 Å². The minimum atomic E-state index is -1.87. The molecule has 0 radical (unpaired) electrons. The predicted octanol–water partition coefficient (Wildman–Crippen LogP) is 7.70. The van der Waals surface area contributed by atoms with Crippen LogP contribution in [0.5, 0.6) is 5.88 Å². The van der Waals surface area contributed by atoms with Crippen molar-refractivity contribution in [3.8, 4) is 17.0 Å².